The van der Waals surface area contributed by atoms with Crippen LogP contribution in [0.4, 0.5) is 34.4 Å². The summed E-state index contributed by atoms with van der Waals surface area (Å²) in [6, 6.07) is 28.1. The summed E-state index contributed by atoms with van der Waals surface area (Å²) in [4.78, 5) is 0. The Kier molecular flexibility index (Phi) is 5.48. The molecule has 4 rings (SSSR count). The third-order valence-electron chi connectivity index (χ3n) is 4.50. The maximum Gasteiger partial charge on any atom is 0.201 e. The number of nitrogens with zero attached hydrogens (tertiary/aromatic N) is 6. The zero-order chi connectivity index (χ0) is 20.9. The number of hydrazine groups is 3. The molecule has 9 heteroatoms. The van der Waals surface area contributed by atoms with Crippen molar-refractivity contribution in [3.63, 3.8) is 0 Å². The highest BCUT2D eigenvalue weighted by Crippen LogP contribution is 2.39. The second kappa shape index (κ2) is 8.53. The number of benzene rings is 3. The molecule has 150 valence electrons. The van der Waals surface area contributed by atoms with E-state index >= 15 is 0 Å². The molecule has 9 nitrogen and oxygen atoms in total. The highest BCUT2D eigenvalue weighted by atomic mass is 15.6. The molecule has 0 bridgehead atoms. The predicted molar refractivity (Wildman–Crippen MR) is 118 cm³/mol. The Morgan fingerprint density at radius 1 is 0.467 bits per heavy atom. The van der Waals surface area contributed by atoms with Crippen LogP contribution in [0.5, 0.6) is 0 Å². The summed E-state index contributed by atoms with van der Waals surface area (Å²) in [5.74, 6) is 19.9. The Bertz CT molecular complexity index is 1030. The first-order chi connectivity index (χ1) is 14.7. The lowest BCUT2D eigenvalue weighted by molar-refractivity contribution is 0.817. The summed E-state index contributed by atoms with van der Waals surface area (Å²) in [5.41, 5.74) is 2.51. The molecule has 0 amide bonds. The molecule has 0 radical (unpaired) electrons. The molecular weight excluding hydrogens is 378 g/mol. The Balaban J connectivity index is 1.88. The van der Waals surface area contributed by atoms with Gasteiger partial charge in [0, 0.05) is 0 Å². The van der Waals surface area contributed by atoms with Gasteiger partial charge in [0.2, 0.25) is 11.6 Å². The van der Waals surface area contributed by atoms with Crippen LogP contribution in [0.15, 0.2) is 91.0 Å². The third kappa shape index (κ3) is 3.76. The predicted octanol–water partition coefficient (Wildman–Crippen LogP) is 2.91. The minimum absolute atomic E-state index is 0.295. The molecule has 1 aromatic heterocycles. The fourth-order valence-electron chi connectivity index (χ4n) is 2.98. The van der Waals surface area contributed by atoms with Gasteiger partial charge in [-0.3, -0.25) is 15.0 Å². The van der Waals surface area contributed by atoms with Crippen molar-refractivity contribution in [3.8, 4) is 0 Å². The number of anilines is 6. The molecule has 6 N–H and O–H groups in total. The van der Waals surface area contributed by atoms with E-state index in [-0.39, 0.29) is 0 Å². The molecule has 0 unspecified atom stereocenters. The molecule has 0 aliphatic heterocycles. The lowest BCUT2D eigenvalue weighted by Crippen LogP contribution is -2.36. The Morgan fingerprint density at radius 2 is 0.800 bits per heavy atom. The monoisotopic (exact) mass is 399 g/mol. The molecule has 0 saturated carbocycles. The van der Waals surface area contributed by atoms with Gasteiger partial charge in [0.25, 0.3) is 0 Å². The molecule has 30 heavy (non-hydrogen) atoms. The minimum atomic E-state index is 0.295. The van der Waals surface area contributed by atoms with Crippen LogP contribution in [-0.2, 0) is 0 Å². The summed E-state index contributed by atoms with van der Waals surface area (Å²) in [5, 5.41) is 16.5. The van der Waals surface area contributed by atoms with Crippen molar-refractivity contribution in [1.29, 1.82) is 0 Å². The lowest BCUT2D eigenvalue weighted by Gasteiger charge is -2.29. The van der Waals surface area contributed by atoms with Crippen LogP contribution in [0.3, 0.4) is 0 Å². The average molecular weight is 399 g/mol. The van der Waals surface area contributed by atoms with Crippen molar-refractivity contribution in [2.24, 2.45) is 17.5 Å². The first kappa shape index (κ1) is 19.3. The normalized spacial score (nSPS) is 10.5. The van der Waals surface area contributed by atoms with Crippen molar-refractivity contribution < 1.29 is 0 Å². The summed E-state index contributed by atoms with van der Waals surface area (Å²) in [6.07, 6.45) is 0. The molecule has 4 aromatic rings. The lowest BCUT2D eigenvalue weighted by atomic mass is 10.2. The maximum atomic E-state index is 6.51. The fraction of sp³-hybridized carbons (Fsp3) is 0. The van der Waals surface area contributed by atoms with Crippen molar-refractivity contribution in [2.75, 3.05) is 15.0 Å². The van der Waals surface area contributed by atoms with E-state index in [4.69, 9.17) is 17.5 Å². The second-order valence-corrected chi connectivity index (χ2v) is 6.40. The summed E-state index contributed by atoms with van der Waals surface area (Å²) >= 11 is 0. The smallest absolute Gasteiger partial charge is 0.201 e. The van der Waals surface area contributed by atoms with Crippen molar-refractivity contribution in [2.45, 2.75) is 0 Å². The van der Waals surface area contributed by atoms with Crippen molar-refractivity contribution in [1.82, 2.24) is 15.4 Å². The Labute approximate surface area is 173 Å². The SMILES string of the molecule is NN(c1ccccc1)c1nnnc(N(N)c2ccccc2)c1N(N)c1ccccc1. The molecular formula is C21H21N9. The van der Waals surface area contributed by atoms with Gasteiger partial charge in [0.15, 0.2) is 5.69 Å². The molecule has 0 aliphatic rings. The van der Waals surface area contributed by atoms with Gasteiger partial charge in [0.05, 0.1) is 17.1 Å². The zero-order valence-corrected chi connectivity index (χ0v) is 16.1. The number of hydrogen-bond donors (Lipinski definition) is 3. The number of hydrogen-bond acceptors (Lipinski definition) is 9. The number of rotatable bonds is 6. The molecule has 0 fully saturated rings. The molecule has 0 aliphatic carbocycles. The first-order valence-electron chi connectivity index (χ1n) is 9.20. The van der Waals surface area contributed by atoms with Gasteiger partial charge in [-0.05, 0) is 41.6 Å². The van der Waals surface area contributed by atoms with Crippen LogP contribution < -0.4 is 32.6 Å². The third-order valence-corrected chi connectivity index (χ3v) is 4.50. The van der Waals surface area contributed by atoms with E-state index in [9.17, 15) is 0 Å². The van der Waals surface area contributed by atoms with Crippen LogP contribution >= 0.6 is 0 Å². The van der Waals surface area contributed by atoms with E-state index in [2.05, 4.69) is 15.4 Å². The van der Waals surface area contributed by atoms with Gasteiger partial charge >= 0.3 is 0 Å². The van der Waals surface area contributed by atoms with E-state index in [1.54, 1.807) is 0 Å². The minimum Gasteiger partial charge on any atom is -0.272 e. The summed E-state index contributed by atoms with van der Waals surface area (Å²) in [7, 11) is 0. The molecule has 0 saturated heterocycles. The van der Waals surface area contributed by atoms with Crippen LogP contribution in [0.2, 0.25) is 0 Å². The van der Waals surface area contributed by atoms with E-state index in [1.165, 1.54) is 15.0 Å². The van der Waals surface area contributed by atoms with Gasteiger partial charge in [-0.15, -0.1) is 10.2 Å². The van der Waals surface area contributed by atoms with Gasteiger partial charge in [-0.2, -0.15) is 0 Å². The van der Waals surface area contributed by atoms with E-state index < -0.39 is 0 Å². The quantitative estimate of drug-likeness (QED) is 0.331. The van der Waals surface area contributed by atoms with Gasteiger partial charge in [-0.1, -0.05) is 54.6 Å². The van der Waals surface area contributed by atoms with Gasteiger partial charge in [0.1, 0.15) is 0 Å². The number of aromatic nitrogens is 3. The van der Waals surface area contributed by atoms with Gasteiger partial charge < -0.3 is 0 Å². The van der Waals surface area contributed by atoms with Crippen LogP contribution in [0.1, 0.15) is 0 Å². The van der Waals surface area contributed by atoms with Crippen LogP contribution in [0.25, 0.3) is 0 Å². The first-order valence-corrected chi connectivity index (χ1v) is 9.20. The largest absolute Gasteiger partial charge is 0.272 e. The molecule has 0 spiro atoms. The fourth-order valence-corrected chi connectivity index (χ4v) is 2.98. The molecule has 3 aromatic carbocycles. The summed E-state index contributed by atoms with van der Waals surface area (Å²) in [6.45, 7) is 0. The standard InChI is InChI=1S/C21H21N9/c22-28(16-10-4-1-5-11-16)19-20(29(23)17-12-6-2-7-13-17)25-27-26-21(19)30(24)18-14-8-3-9-15-18/h1-15H,22-24H2. The summed E-state index contributed by atoms with van der Waals surface area (Å²) < 4.78 is 0. The highest BCUT2D eigenvalue weighted by molar-refractivity contribution is 5.87. The zero-order valence-electron chi connectivity index (χ0n) is 16.1. The maximum absolute atomic E-state index is 6.51. The van der Waals surface area contributed by atoms with E-state index in [1.807, 2.05) is 91.0 Å². The number of para-hydroxylation sites is 3. The Hall–Kier alpha value is -4.05. The van der Waals surface area contributed by atoms with Crippen LogP contribution in [0, 0.1) is 0 Å². The van der Waals surface area contributed by atoms with Crippen molar-refractivity contribution >= 4 is 34.4 Å². The topological polar surface area (TPSA) is 126 Å². The average Bonchev–Trinajstić information content (AvgIpc) is 2.84. The second-order valence-electron chi connectivity index (χ2n) is 6.40. The van der Waals surface area contributed by atoms with Crippen LogP contribution in [-0.4, -0.2) is 15.4 Å². The molecule has 1 heterocycles. The molecule has 0 atom stereocenters. The van der Waals surface area contributed by atoms with Crippen molar-refractivity contribution in [3.05, 3.63) is 91.0 Å². The Morgan fingerprint density at radius 3 is 1.17 bits per heavy atom. The van der Waals surface area contributed by atoms with E-state index in [0.717, 1.165) is 0 Å². The highest BCUT2D eigenvalue weighted by Gasteiger charge is 2.26. The van der Waals surface area contributed by atoms with Gasteiger partial charge in [-0.25, -0.2) is 17.5 Å². The van der Waals surface area contributed by atoms with E-state index in [0.29, 0.717) is 34.4 Å². The number of nitrogens with two attached hydrogens (primary N) is 3.